The van der Waals surface area contributed by atoms with Crippen LogP contribution in [0.15, 0.2) is 53.7 Å². The SMILES string of the molecule is Nc1ccncc1S(=O)(=O)NCCc1ccccc1. The van der Waals surface area contributed by atoms with E-state index in [2.05, 4.69) is 9.71 Å². The van der Waals surface area contributed by atoms with Crippen LogP contribution in [0.25, 0.3) is 0 Å². The summed E-state index contributed by atoms with van der Waals surface area (Å²) in [6.07, 6.45) is 3.33. The number of benzene rings is 1. The first kappa shape index (κ1) is 13.5. The van der Waals surface area contributed by atoms with Gasteiger partial charge in [0.05, 0.1) is 5.69 Å². The van der Waals surface area contributed by atoms with Crippen LogP contribution in [0.2, 0.25) is 0 Å². The molecule has 0 saturated heterocycles. The van der Waals surface area contributed by atoms with Crippen molar-refractivity contribution in [3.8, 4) is 0 Å². The van der Waals surface area contributed by atoms with Crippen molar-refractivity contribution >= 4 is 15.7 Å². The molecular formula is C13H15N3O2S. The molecule has 1 heterocycles. The average Bonchev–Trinajstić information content (AvgIpc) is 2.40. The molecule has 2 aromatic rings. The smallest absolute Gasteiger partial charge is 0.244 e. The van der Waals surface area contributed by atoms with Crippen molar-refractivity contribution in [3.63, 3.8) is 0 Å². The van der Waals surface area contributed by atoms with E-state index in [9.17, 15) is 8.42 Å². The summed E-state index contributed by atoms with van der Waals surface area (Å²) in [6, 6.07) is 11.1. The first-order valence-electron chi connectivity index (χ1n) is 5.83. The van der Waals surface area contributed by atoms with Crippen LogP contribution in [-0.2, 0) is 16.4 Å². The molecule has 0 aliphatic carbocycles. The molecule has 3 N–H and O–H groups in total. The summed E-state index contributed by atoms with van der Waals surface area (Å²) in [4.78, 5) is 3.80. The van der Waals surface area contributed by atoms with Gasteiger partial charge in [0.1, 0.15) is 4.90 Å². The predicted molar refractivity (Wildman–Crippen MR) is 74.0 cm³/mol. The van der Waals surface area contributed by atoms with Crippen LogP contribution in [0.4, 0.5) is 5.69 Å². The lowest BCUT2D eigenvalue weighted by atomic mass is 10.2. The van der Waals surface area contributed by atoms with Crippen molar-refractivity contribution in [1.29, 1.82) is 0 Å². The Labute approximate surface area is 112 Å². The maximum Gasteiger partial charge on any atom is 0.244 e. The van der Waals surface area contributed by atoms with Crippen molar-refractivity contribution in [3.05, 3.63) is 54.4 Å². The third-order valence-corrected chi connectivity index (χ3v) is 4.16. The molecule has 0 aliphatic heterocycles. The van der Waals surface area contributed by atoms with Crippen LogP contribution in [0.1, 0.15) is 5.56 Å². The molecule has 0 atom stereocenters. The molecule has 0 saturated carbocycles. The fraction of sp³-hybridized carbons (Fsp3) is 0.154. The number of anilines is 1. The number of sulfonamides is 1. The molecular weight excluding hydrogens is 262 g/mol. The molecule has 0 radical (unpaired) electrons. The summed E-state index contributed by atoms with van der Waals surface area (Å²) in [5.74, 6) is 0. The van der Waals surface area contributed by atoms with E-state index in [1.54, 1.807) is 0 Å². The first-order chi connectivity index (χ1) is 9.09. The third kappa shape index (κ3) is 3.52. The van der Waals surface area contributed by atoms with Gasteiger partial charge in [-0.1, -0.05) is 30.3 Å². The number of rotatable bonds is 5. The van der Waals surface area contributed by atoms with Gasteiger partial charge in [-0.3, -0.25) is 4.98 Å². The van der Waals surface area contributed by atoms with Gasteiger partial charge in [0.25, 0.3) is 0 Å². The number of aromatic nitrogens is 1. The van der Waals surface area contributed by atoms with Gasteiger partial charge in [-0.2, -0.15) is 0 Å². The van der Waals surface area contributed by atoms with Crippen LogP contribution < -0.4 is 10.5 Å². The van der Waals surface area contributed by atoms with Crippen LogP contribution in [-0.4, -0.2) is 19.9 Å². The Hall–Kier alpha value is -1.92. The van der Waals surface area contributed by atoms with Crippen LogP contribution in [0, 0.1) is 0 Å². The largest absolute Gasteiger partial charge is 0.398 e. The van der Waals surface area contributed by atoms with Gasteiger partial charge >= 0.3 is 0 Å². The summed E-state index contributed by atoms with van der Waals surface area (Å²) >= 11 is 0. The predicted octanol–water partition coefficient (Wildman–Crippen LogP) is 1.18. The van der Waals surface area contributed by atoms with E-state index in [-0.39, 0.29) is 10.6 Å². The number of nitrogens with zero attached hydrogens (tertiary/aromatic N) is 1. The number of hydrogen-bond donors (Lipinski definition) is 2. The van der Waals surface area contributed by atoms with Gasteiger partial charge < -0.3 is 5.73 Å². The molecule has 5 nitrogen and oxygen atoms in total. The Balaban J connectivity index is 2.01. The van der Waals surface area contributed by atoms with E-state index in [0.29, 0.717) is 13.0 Å². The molecule has 0 spiro atoms. The Kier molecular flexibility index (Phi) is 4.13. The summed E-state index contributed by atoms with van der Waals surface area (Å²) in [5.41, 5.74) is 6.90. The maximum absolute atomic E-state index is 12.0. The molecule has 1 aromatic carbocycles. The highest BCUT2D eigenvalue weighted by molar-refractivity contribution is 7.89. The second-order valence-corrected chi connectivity index (χ2v) is 5.78. The number of nitrogens with two attached hydrogens (primary N) is 1. The first-order valence-corrected chi connectivity index (χ1v) is 7.31. The highest BCUT2D eigenvalue weighted by atomic mass is 32.2. The minimum atomic E-state index is -3.60. The summed E-state index contributed by atoms with van der Waals surface area (Å²) < 4.78 is 26.5. The Morgan fingerprint density at radius 2 is 1.89 bits per heavy atom. The average molecular weight is 277 g/mol. The highest BCUT2D eigenvalue weighted by Crippen LogP contribution is 2.15. The molecule has 100 valence electrons. The van der Waals surface area contributed by atoms with Crippen molar-refractivity contribution < 1.29 is 8.42 Å². The van der Waals surface area contributed by atoms with Crippen molar-refractivity contribution in [2.75, 3.05) is 12.3 Å². The minimum Gasteiger partial charge on any atom is -0.398 e. The van der Waals surface area contributed by atoms with E-state index in [1.165, 1.54) is 18.5 Å². The Morgan fingerprint density at radius 1 is 1.16 bits per heavy atom. The van der Waals surface area contributed by atoms with E-state index < -0.39 is 10.0 Å². The number of nitrogen functional groups attached to an aromatic ring is 1. The fourth-order valence-corrected chi connectivity index (χ4v) is 2.77. The lowest BCUT2D eigenvalue weighted by Crippen LogP contribution is -2.26. The normalized spacial score (nSPS) is 11.4. The van der Waals surface area contributed by atoms with Crippen LogP contribution >= 0.6 is 0 Å². The molecule has 0 bridgehead atoms. The minimum absolute atomic E-state index is 0.0167. The van der Waals surface area contributed by atoms with Crippen molar-refractivity contribution in [1.82, 2.24) is 9.71 Å². The van der Waals surface area contributed by atoms with Crippen molar-refractivity contribution in [2.24, 2.45) is 0 Å². The third-order valence-electron chi connectivity index (χ3n) is 2.65. The van der Waals surface area contributed by atoms with Gasteiger partial charge in [-0.05, 0) is 18.1 Å². The fourth-order valence-electron chi connectivity index (χ4n) is 1.67. The summed E-state index contributed by atoms with van der Waals surface area (Å²) in [6.45, 7) is 0.320. The Bertz CT molecular complexity index is 642. The number of pyridine rings is 1. The van der Waals surface area contributed by atoms with Crippen molar-refractivity contribution in [2.45, 2.75) is 11.3 Å². The lowest BCUT2D eigenvalue weighted by Gasteiger charge is -2.08. The van der Waals surface area contributed by atoms with Gasteiger partial charge in [0.2, 0.25) is 10.0 Å². The topological polar surface area (TPSA) is 85.1 Å². The number of nitrogens with one attached hydrogen (secondary N) is 1. The molecule has 0 aliphatic rings. The zero-order valence-electron chi connectivity index (χ0n) is 10.3. The highest BCUT2D eigenvalue weighted by Gasteiger charge is 2.16. The number of hydrogen-bond acceptors (Lipinski definition) is 4. The summed E-state index contributed by atoms with van der Waals surface area (Å²) in [7, 11) is -3.60. The molecule has 0 fully saturated rings. The monoisotopic (exact) mass is 277 g/mol. The zero-order valence-corrected chi connectivity index (χ0v) is 11.1. The quantitative estimate of drug-likeness (QED) is 0.859. The van der Waals surface area contributed by atoms with E-state index in [4.69, 9.17) is 5.73 Å². The van der Waals surface area contributed by atoms with E-state index >= 15 is 0 Å². The maximum atomic E-state index is 12.0. The van der Waals surface area contributed by atoms with E-state index in [0.717, 1.165) is 5.56 Å². The molecule has 1 aromatic heterocycles. The standard InChI is InChI=1S/C13H15N3O2S/c14-12-7-8-15-10-13(12)19(17,18)16-9-6-11-4-2-1-3-5-11/h1-5,7-8,10,16H,6,9H2,(H2,14,15). The Morgan fingerprint density at radius 3 is 2.58 bits per heavy atom. The molecule has 2 rings (SSSR count). The summed E-state index contributed by atoms with van der Waals surface area (Å²) in [5, 5.41) is 0. The lowest BCUT2D eigenvalue weighted by molar-refractivity contribution is 0.581. The van der Waals surface area contributed by atoms with Crippen LogP contribution in [0.3, 0.4) is 0 Å². The second-order valence-electron chi connectivity index (χ2n) is 4.05. The molecule has 6 heteroatoms. The van der Waals surface area contributed by atoms with E-state index in [1.807, 2.05) is 30.3 Å². The zero-order chi connectivity index (χ0) is 13.7. The van der Waals surface area contributed by atoms with Gasteiger partial charge in [-0.25, -0.2) is 13.1 Å². The van der Waals surface area contributed by atoms with Crippen LogP contribution in [0.5, 0.6) is 0 Å². The van der Waals surface area contributed by atoms with Gasteiger partial charge in [0.15, 0.2) is 0 Å². The second kappa shape index (κ2) is 5.81. The molecule has 0 amide bonds. The molecule has 19 heavy (non-hydrogen) atoms. The van der Waals surface area contributed by atoms with Gasteiger partial charge in [0, 0.05) is 18.9 Å². The van der Waals surface area contributed by atoms with Gasteiger partial charge in [-0.15, -0.1) is 0 Å². The molecule has 0 unspecified atom stereocenters.